The summed E-state index contributed by atoms with van der Waals surface area (Å²) < 4.78 is 7.23. The molecule has 27 heavy (non-hydrogen) atoms. The van der Waals surface area contributed by atoms with E-state index in [0.29, 0.717) is 17.5 Å². The lowest BCUT2D eigenvalue weighted by Gasteiger charge is -2.19. The second-order valence-corrected chi connectivity index (χ2v) is 7.43. The van der Waals surface area contributed by atoms with Crippen LogP contribution in [0, 0.1) is 26.7 Å². The van der Waals surface area contributed by atoms with Crippen molar-refractivity contribution < 1.29 is 4.74 Å². The zero-order chi connectivity index (χ0) is 19.3. The molecular formula is C21H24N4O2. The number of ether oxygens (including phenoxy) is 1. The Morgan fingerprint density at radius 1 is 1.19 bits per heavy atom. The van der Waals surface area contributed by atoms with Crippen molar-refractivity contribution in [1.29, 1.82) is 0 Å². The second kappa shape index (κ2) is 6.44. The third-order valence-corrected chi connectivity index (χ3v) is 5.49. The number of methoxy groups -OCH3 is 1. The number of nitrogens with zero attached hydrogens (tertiary/aromatic N) is 4. The molecule has 0 radical (unpaired) electrons. The minimum Gasteiger partial charge on any atom is -0.481 e. The quantitative estimate of drug-likeness (QED) is 0.705. The van der Waals surface area contributed by atoms with E-state index >= 15 is 0 Å². The summed E-state index contributed by atoms with van der Waals surface area (Å²) in [6, 6.07) is 4.08. The van der Waals surface area contributed by atoms with E-state index in [9.17, 15) is 4.79 Å². The molecule has 3 aromatic heterocycles. The SMILES string of the molecule is COc1nc(C)c(-c2nccc3c2nc(C)c(=O)n3[C@H](C)C2CC2)cc1C. The molecule has 0 saturated heterocycles. The summed E-state index contributed by atoms with van der Waals surface area (Å²) in [5.41, 5.74) is 5.50. The Labute approximate surface area is 158 Å². The number of hydrogen-bond acceptors (Lipinski definition) is 5. The van der Waals surface area contributed by atoms with Gasteiger partial charge in [0.05, 0.1) is 24.0 Å². The molecule has 6 nitrogen and oxygen atoms in total. The Bertz CT molecular complexity index is 1100. The number of aryl methyl sites for hydroxylation is 3. The van der Waals surface area contributed by atoms with Gasteiger partial charge in [0.25, 0.3) is 5.56 Å². The molecule has 3 heterocycles. The normalized spacial score (nSPS) is 15.1. The Hall–Kier alpha value is -2.76. The zero-order valence-corrected chi connectivity index (χ0v) is 16.4. The van der Waals surface area contributed by atoms with Crippen LogP contribution in [-0.4, -0.2) is 26.6 Å². The molecule has 1 fully saturated rings. The van der Waals surface area contributed by atoms with Crippen LogP contribution in [0.5, 0.6) is 5.88 Å². The van der Waals surface area contributed by atoms with E-state index in [4.69, 9.17) is 4.74 Å². The molecule has 1 atom stereocenters. The van der Waals surface area contributed by atoms with Gasteiger partial charge in [-0.2, -0.15) is 0 Å². The van der Waals surface area contributed by atoms with Gasteiger partial charge in [-0.3, -0.25) is 9.78 Å². The molecule has 3 aromatic rings. The van der Waals surface area contributed by atoms with E-state index in [2.05, 4.69) is 21.9 Å². The third kappa shape index (κ3) is 2.89. The summed E-state index contributed by atoms with van der Waals surface area (Å²) in [5, 5.41) is 0. The van der Waals surface area contributed by atoms with Gasteiger partial charge in [-0.25, -0.2) is 9.97 Å². The first-order chi connectivity index (χ1) is 12.9. The molecule has 0 unspecified atom stereocenters. The second-order valence-electron chi connectivity index (χ2n) is 7.43. The molecule has 140 valence electrons. The molecule has 0 bridgehead atoms. The smallest absolute Gasteiger partial charge is 0.272 e. The van der Waals surface area contributed by atoms with Gasteiger partial charge in [-0.15, -0.1) is 0 Å². The monoisotopic (exact) mass is 364 g/mol. The van der Waals surface area contributed by atoms with Gasteiger partial charge in [0.15, 0.2) is 0 Å². The highest BCUT2D eigenvalue weighted by molar-refractivity contribution is 5.90. The zero-order valence-electron chi connectivity index (χ0n) is 16.4. The molecule has 6 heteroatoms. The van der Waals surface area contributed by atoms with Crippen LogP contribution < -0.4 is 10.3 Å². The minimum absolute atomic E-state index is 0.0141. The Balaban J connectivity index is 2.01. The fraction of sp³-hybridized carbons (Fsp3) is 0.429. The van der Waals surface area contributed by atoms with Crippen LogP contribution in [0.25, 0.3) is 22.3 Å². The van der Waals surface area contributed by atoms with Crippen LogP contribution in [0.3, 0.4) is 0 Å². The van der Waals surface area contributed by atoms with Gasteiger partial charge in [-0.05, 0) is 58.6 Å². The van der Waals surface area contributed by atoms with Crippen molar-refractivity contribution in [2.45, 2.75) is 46.6 Å². The average molecular weight is 364 g/mol. The number of fused-ring (bicyclic) bond motifs is 1. The van der Waals surface area contributed by atoms with Crippen LogP contribution in [0.15, 0.2) is 23.1 Å². The summed E-state index contributed by atoms with van der Waals surface area (Å²) in [4.78, 5) is 26.7. The maximum Gasteiger partial charge on any atom is 0.272 e. The lowest BCUT2D eigenvalue weighted by molar-refractivity contribution is 0.394. The molecule has 1 aliphatic carbocycles. The summed E-state index contributed by atoms with van der Waals surface area (Å²) in [7, 11) is 1.62. The number of aromatic nitrogens is 4. The number of hydrogen-bond donors (Lipinski definition) is 0. The van der Waals surface area contributed by atoms with Gasteiger partial charge < -0.3 is 9.30 Å². The number of pyridine rings is 2. The highest BCUT2D eigenvalue weighted by atomic mass is 16.5. The first-order valence-electron chi connectivity index (χ1n) is 9.32. The van der Waals surface area contributed by atoms with E-state index in [1.54, 1.807) is 20.2 Å². The van der Waals surface area contributed by atoms with Crippen molar-refractivity contribution in [3.63, 3.8) is 0 Å². The molecule has 0 aromatic carbocycles. The third-order valence-electron chi connectivity index (χ3n) is 5.49. The fourth-order valence-corrected chi connectivity index (χ4v) is 3.77. The van der Waals surface area contributed by atoms with E-state index in [1.165, 1.54) is 12.8 Å². The highest BCUT2D eigenvalue weighted by Crippen LogP contribution is 2.40. The standard InChI is InChI=1S/C21H24N4O2/c1-11-10-16(12(2)24-20(11)27-5)18-19-17(8-9-22-18)25(14(4)15-6-7-15)21(26)13(3)23-19/h8-10,14-15H,6-7H2,1-5H3/t14-/m1/s1. The first kappa shape index (κ1) is 17.6. The van der Waals surface area contributed by atoms with Crippen molar-refractivity contribution in [2.75, 3.05) is 7.11 Å². The Morgan fingerprint density at radius 3 is 2.59 bits per heavy atom. The van der Waals surface area contributed by atoms with Crippen molar-refractivity contribution in [3.8, 4) is 17.1 Å². The van der Waals surface area contributed by atoms with Gasteiger partial charge >= 0.3 is 0 Å². The largest absolute Gasteiger partial charge is 0.481 e. The molecular weight excluding hydrogens is 340 g/mol. The maximum absolute atomic E-state index is 12.9. The molecule has 0 spiro atoms. The summed E-state index contributed by atoms with van der Waals surface area (Å²) >= 11 is 0. The predicted octanol–water partition coefficient (Wildman–Crippen LogP) is 3.76. The van der Waals surface area contributed by atoms with Crippen molar-refractivity contribution in [3.05, 3.63) is 45.6 Å². The highest BCUT2D eigenvalue weighted by Gasteiger charge is 2.31. The van der Waals surface area contributed by atoms with Crippen molar-refractivity contribution >= 4 is 11.0 Å². The first-order valence-corrected chi connectivity index (χ1v) is 9.32. The van der Waals surface area contributed by atoms with E-state index in [1.807, 2.05) is 30.5 Å². The predicted molar refractivity (Wildman–Crippen MR) is 105 cm³/mol. The van der Waals surface area contributed by atoms with E-state index < -0.39 is 0 Å². The van der Waals surface area contributed by atoms with Gasteiger partial charge in [0, 0.05) is 23.4 Å². The van der Waals surface area contributed by atoms with Crippen LogP contribution in [0.2, 0.25) is 0 Å². The Morgan fingerprint density at radius 2 is 1.93 bits per heavy atom. The lowest BCUT2D eigenvalue weighted by Crippen LogP contribution is -2.28. The molecule has 1 aliphatic rings. The lowest BCUT2D eigenvalue weighted by atomic mass is 10.1. The van der Waals surface area contributed by atoms with Gasteiger partial charge in [0.1, 0.15) is 11.2 Å². The number of rotatable bonds is 4. The Kier molecular flexibility index (Phi) is 4.21. The topological polar surface area (TPSA) is 69.9 Å². The summed E-state index contributed by atoms with van der Waals surface area (Å²) in [6.07, 6.45) is 4.10. The van der Waals surface area contributed by atoms with Crippen LogP contribution in [-0.2, 0) is 0 Å². The van der Waals surface area contributed by atoms with Crippen molar-refractivity contribution in [1.82, 2.24) is 19.5 Å². The van der Waals surface area contributed by atoms with Crippen LogP contribution in [0.4, 0.5) is 0 Å². The van der Waals surface area contributed by atoms with Crippen LogP contribution >= 0.6 is 0 Å². The summed E-state index contributed by atoms with van der Waals surface area (Å²) in [6.45, 7) is 7.80. The maximum atomic E-state index is 12.9. The molecule has 1 saturated carbocycles. The molecule has 0 N–H and O–H groups in total. The van der Waals surface area contributed by atoms with Crippen LogP contribution in [0.1, 0.15) is 42.8 Å². The average Bonchev–Trinajstić information content (AvgIpc) is 3.49. The van der Waals surface area contributed by atoms with Crippen molar-refractivity contribution in [2.24, 2.45) is 5.92 Å². The summed E-state index contributed by atoms with van der Waals surface area (Å²) in [5.74, 6) is 1.18. The molecule has 0 aliphatic heterocycles. The van der Waals surface area contributed by atoms with E-state index in [0.717, 1.165) is 33.5 Å². The van der Waals surface area contributed by atoms with Gasteiger partial charge in [0.2, 0.25) is 5.88 Å². The molecule has 4 rings (SSSR count). The molecule has 0 amide bonds. The fourth-order valence-electron chi connectivity index (χ4n) is 3.77. The van der Waals surface area contributed by atoms with Gasteiger partial charge in [-0.1, -0.05) is 0 Å². The van der Waals surface area contributed by atoms with E-state index in [-0.39, 0.29) is 11.6 Å². The minimum atomic E-state index is -0.0141.